The summed E-state index contributed by atoms with van der Waals surface area (Å²) >= 11 is 0. The van der Waals surface area contributed by atoms with E-state index in [9.17, 15) is 14.9 Å². The SMILES string of the molecule is O=C(Nc1ccc([N+](=O)[O-])cc1)c1ccc(-c2n[nH]c3c2Cc2ccccc2-3)cc1. The summed E-state index contributed by atoms with van der Waals surface area (Å²) < 4.78 is 0. The summed E-state index contributed by atoms with van der Waals surface area (Å²) in [4.78, 5) is 22.8. The molecule has 4 aromatic rings. The van der Waals surface area contributed by atoms with Gasteiger partial charge in [-0.2, -0.15) is 5.10 Å². The maximum atomic E-state index is 12.5. The standard InChI is InChI=1S/C23H16N4O3/c28-23(24-17-9-11-18(12-10-17)27(29)30)15-7-5-14(6-8-15)21-20-13-16-3-1-2-4-19(16)22(20)26-25-21/h1-12H,13H2,(H,24,28)(H,25,26). The number of anilines is 1. The second kappa shape index (κ2) is 6.97. The lowest BCUT2D eigenvalue weighted by molar-refractivity contribution is -0.384. The van der Waals surface area contributed by atoms with Crippen molar-refractivity contribution in [1.82, 2.24) is 10.2 Å². The molecule has 0 unspecified atom stereocenters. The number of hydrogen-bond donors (Lipinski definition) is 2. The van der Waals surface area contributed by atoms with Crippen LogP contribution < -0.4 is 5.32 Å². The first kappa shape index (κ1) is 17.8. The highest BCUT2D eigenvalue weighted by Crippen LogP contribution is 2.39. The van der Waals surface area contributed by atoms with E-state index in [1.165, 1.54) is 41.0 Å². The third kappa shape index (κ3) is 3.02. The van der Waals surface area contributed by atoms with Gasteiger partial charge in [0.25, 0.3) is 11.6 Å². The Bertz CT molecular complexity index is 1270. The first-order chi connectivity index (χ1) is 14.6. The maximum Gasteiger partial charge on any atom is 0.269 e. The summed E-state index contributed by atoms with van der Waals surface area (Å²) in [6.07, 6.45) is 0.833. The molecule has 0 bridgehead atoms. The van der Waals surface area contributed by atoms with Gasteiger partial charge < -0.3 is 5.32 Å². The van der Waals surface area contributed by atoms with Crippen molar-refractivity contribution in [2.24, 2.45) is 0 Å². The number of aromatic amines is 1. The second-order valence-corrected chi connectivity index (χ2v) is 7.10. The first-order valence-corrected chi connectivity index (χ1v) is 9.42. The number of nitrogens with one attached hydrogen (secondary N) is 2. The lowest BCUT2D eigenvalue weighted by Gasteiger charge is -2.06. The van der Waals surface area contributed by atoms with Crippen molar-refractivity contribution in [2.75, 3.05) is 5.32 Å². The Morgan fingerprint density at radius 3 is 2.47 bits per heavy atom. The summed E-state index contributed by atoms with van der Waals surface area (Å²) in [6.45, 7) is 0. The summed E-state index contributed by atoms with van der Waals surface area (Å²) in [5.41, 5.74) is 7.48. The van der Waals surface area contributed by atoms with E-state index in [0.29, 0.717) is 11.3 Å². The zero-order chi connectivity index (χ0) is 20.7. The number of amides is 1. The third-order valence-electron chi connectivity index (χ3n) is 5.28. The number of aromatic nitrogens is 2. The predicted molar refractivity (Wildman–Crippen MR) is 113 cm³/mol. The normalized spacial score (nSPS) is 11.6. The molecule has 0 fully saturated rings. The Morgan fingerprint density at radius 2 is 1.73 bits per heavy atom. The van der Waals surface area contributed by atoms with Gasteiger partial charge in [0.15, 0.2) is 0 Å². The average Bonchev–Trinajstić information content (AvgIpc) is 3.33. The minimum Gasteiger partial charge on any atom is -0.322 e. The zero-order valence-electron chi connectivity index (χ0n) is 15.8. The van der Waals surface area contributed by atoms with Crippen LogP contribution in [0.5, 0.6) is 0 Å². The summed E-state index contributed by atoms with van der Waals surface area (Å²) in [7, 11) is 0. The van der Waals surface area contributed by atoms with Crippen molar-refractivity contribution in [3.63, 3.8) is 0 Å². The molecule has 1 amide bonds. The van der Waals surface area contributed by atoms with E-state index in [4.69, 9.17) is 0 Å². The number of carbonyl (C=O) groups excluding carboxylic acids is 1. The monoisotopic (exact) mass is 396 g/mol. The Kier molecular flexibility index (Phi) is 4.14. The van der Waals surface area contributed by atoms with E-state index in [-0.39, 0.29) is 11.6 Å². The molecule has 7 heteroatoms. The molecule has 1 aliphatic rings. The smallest absolute Gasteiger partial charge is 0.269 e. The molecule has 0 atom stereocenters. The van der Waals surface area contributed by atoms with Gasteiger partial charge in [0.2, 0.25) is 0 Å². The van der Waals surface area contributed by atoms with E-state index in [1.807, 2.05) is 24.3 Å². The second-order valence-electron chi connectivity index (χ2n) is 7.10. The highest BCUT2D eigenvalue weighted by molar-refractivity contribution is 6.04. The summed E-state index contributed by atoms with van der Waals surface area (Å²) in [6, 6.07) is 21.3. The molecule has 0 aliphatic heterocycles. The number of H-pyrrole nitrogens is 1. The first-order valence-electron chi connectivity index (χ1n) is 9.42. The van der Waals surface area contributed by atoms with Crippen LogP contribution in [-0.2, 0) is 6.42 Å². The van der Waals surface area contributed by atoms with Gasteiger partial charge in [-0.3, -0.25) is 20.0 Å². The van der Waals surface area contributed by atoms with E-state index in [0.717, 1.165) is 23.4 Å². The number of nitro groups is 1. The average molecular weight is 396 g/mol. The lowest BCUT2D eigenvalue weighted by atomic mass is 10.0. The molecule has 0 radical (unpaired) electrons. The number of carbonyl (C=O) groups is 1. The predicted octanol–water partition coefficient (Wildman–Crippen LogP) is 4.81. The quantitative estimate of drug-likeness (QED) is 0.336. The molecule has 7 nitrogen and oxygen atoms in total. The van der Waals surface area contributed by atoms with Crippen molar-refractivity contribution in [3.05, 3.63) is 99.6 Å². The van der Waals surface area contributed by atoms with Crippen molar-refractivity contribution in [2.45, 2.75) is 6.42 Å². The molecule has 1 aliphatic carbocycles. The molecule has 30 heavy (non-hydrogen) atoms. The molecule has 3 aromatic carbocycles. The minimum atomic E-state index is -0.478. The van der Waals surface area contributed by atoms with Crippen LogP contribution >= 0.6 is 0 Å². The Hall–Kier alpha value is -4.26. The molecule has 5 rings (SSSR count). The molecular weight excluding hydrogens is 380 g/mol. The molecule has 0 saturated carbocycles. The van der Waals surface area contributed by atoms with Gasteiger partial charge in [-0.15, -0.1) is 0 Å². The van der Waals surface area contributed by atoms with E-state index < -0.39 is 4.92 Å². The number of fused-ring (bicyclic) bond motifs is 3. The molecule has 146 valence electrons. The molecule has 1 heterocycles. The lowest BCUT2D eigenvalue weighted by Crippen LogP contribution is -2.11. The van der Waals surface area contributed by atoms with E-state index >= 15 is 0 Å². The highest BCUT2D eigenvalue weighted by Gasteiger charge is 2.24. The fourth-order valence-electron chi connectivity index (χ4n) is 3.76. The number of hydrogen-bond acceptors (Lipinski definition) is 4. The van der Waals surface area contributed by atoms with Crippen LogP contribution in [0.4, 0.5) is 11.4 Å². The van der Waals surface area contributed by atoms with Crippen LogP contribution in [-0.4, -0.2) is 21.0 Å². The third-order valence-corrected chi connectivity index (χ3v) is 5.28. The Balaban J connectivity index is 1.35. The Labute approximate surface area is 171 Å². The summed E-state index contributed by atoms with van der Waals surface area (Å²) in [5, 5.41) is 21.1. The topological polar surface area (TPSA) is 101 Å². The maximum absolute atomic E-state index is 12.5. The number of non-ortho nitro benzene ring substituents is 1. The van der Waals surface area contributed by atoms with Crippen molar-refractivity contribution < 1.29 is 9.72 Å². The van der Waals surface area contributed by atoms with Crippen molar-refractivity contribution in [3.8, 4) is 22.5 Å². The fraction of sp³-hybridized carbons (Fsp3) is 0.0435. The van der Waals surface area contributed by atoms with Crippen LogP contribution in [0.1, 0.15) is 21.5 Å². The molecule has 1 aromatic heterocycles. The van der Waals surface area contributed by atoms with Gasteiger partial charge in [-0.25, -0.2) is 0 Å². The molecular formula is C23H16N4O3. The molecule has 0 spiro atoms. The molecule has 0 saturated heterocycles. The van der Waals surface area contributed by atoms with Crippen LogP contribution in [0.2, 0.25) is 0 Å². The van der Waals surface area contributed by atoms with Gasteiger partial charge >= 0.3 is 0 Å². The van der Waals surface area contributed by atoms with E-state index in [1.54, 1.807) is 12.1 Å². The zero-order valence-corrected chi connectivity index (χ0v) is 15.8. The van der Waals surface area contributed by atoms with E-state index in [2.05, 4.69) is 27.6 Å². The largest absolute Gasteiger partial charge is 0.322 e. The van der Waals surface area contributed by atoms with Gasteiger partial charge in [0.05, 0.1) is 16.3 Å². The van der Waals surface area contributed by atoms with Crippen LogP contribution in [0.15, 0.2) is 72.8 Å². The van der Waals surface area contributed by atoms with Gasteiger partial charge in [-0.05, 0) is 29.8 Å². The van der Waals surface area contributed by atoms with Gasteiger partial charge in [-0.1, -0.05) is 36.4 Å². The number of benzene rings is 3. The highest BCUT2D eigenvalue weighted by atomic mass is 16.6. The number of nitro benzene ring substituents is 1. The van der Waals surface area contributed by atoms with Crippen molar-refractivity contribution >= 4 is 17.3 Å². The summed E-state index contributed by atoms with van der Waals surface area (Å²) in [5.74, 6) is -0.282. The van der Waals surface area contributed by atoms with Gasteiger partial charge in [0.1, 0.15) is 0 Å². The Morgan fingerprint density at radius 1 is 1.00 bits per heavy atom. The number of rotatable bonds is 4. The fourth-order valence-corrected chi connectivity index (χ4v) is 3.76. The van der Waals surface area contributed by atoms with Crippen LogP contribution in [0.3, 0.4) is 0 Å². The van der Waals surface area contributed by atoms with Crippen molar-refractivity contribution in [1.29, 1.82) is 0 Å². The minimum absolute atomic E-state index is 0.0222. The van der Waals surface area contributed by atoms with Crippen LogP contribution in [0, 0.1) is 10.1 Å². The molecule has 2 N–H and O–H groups in total. The van der Waals surface area contributed by atoms with Gasteiger partial charge in [0, 0.05) is 46.5 Å². The number of nitrogens with zero attached hydrogens (tertiary/aromatic N) is 2. The van der Waals surface area contributed by atoms with Crippen LogP contribution in [0.25, 0.3) is 22.5 Å².